The van der Waals surface area contributed by atoms with Crippen molar-refractivity contribution >= 4 is 17.8 Å². The number of rotatable bonds is 6. The number of nitrogens with zero attached hydrogens (tertiary/aromatic N) is 1. The average Bonchev–Trinajstić information content (AvgIpc) is 2.76. The Morgan fingerprint density at radius 1 is 1.10 bits per heavy atom. The molecule has 0 aliphatic carbocycles. The molecular formula is C22H22FNO6. The second-order valence-electron chi connectivity index (χ2n) is 6.84. The van der Waals surface area contributed by atoms with Crippen molar-refractivity contribution < 1.29 is 33.0 Å². The van der Waals surface area contributed by atoms with E-state index < -0.39 is 36.3 Å². The number of carbonyl (C=O) groups is 3. The van der Waals surface area contributed by atoms with Crippen LogP contribution in [0.1, 0.15) is 16.7 Å². The van der Waals surface area contributed by atoms with Gasteiger partial charge in [0.25, 0.3) is 5.91 Å². The minimum Gasteiger partial charge on any atom is -0.494 e. The number of hydrogen-bond acceptors (Lipinski definition) is 6. The Hall–Kier alpha value is -3.42. The summed E-state index contributed by atoms with van der Waals surface area (Å²) in [5.74, 6) is -2.24. The molecule has 0 N–H and O–H groups in total. The van der Waals surface area contributed by atoms with Crippen LogP contribution in [-0.2, 0) is 43.2 Å². The van der Waals surface area contributed by atoms with E-state index in [1.807, 2.05) is 24.3 Å². The third-order valence-electron chi connectivity index (χ3n) is 4.96. The molecule has 1 aliphatic heterocycles. The van der Waals surface area contributed by atoms with E-state index in [2.05, 4.69) is 0 Å². The van der Waals surface area contributed by atoms with Crippen LogP contribution in [0.5, 0.6) is 5.75 Å². The van der Waals surface area contributed by atoms with Gasteiger partial charge in [-0.25, -0.2) is 9.18 Å². The first-order valence-corrected chi connectivity index (χ1v) is 9.35. The number of ether oxygens (including phenoxy) is 3. The highest BCUT2D eigenvalue weighted by Gasteiger charge is 2.35. The highest BCUT2D eigenvalue weighted by Crippen LogP contribution is 2.24. The molecule has 0 saturated heterocycles. The van der Waals surface area contributed by atoms with Crippen molar-refractivity contribution in [1.29, 1.82) is 0 Å². The van der Waals surface area contributed by atoms with Crippen molar-refractivity contribution in [2.24, 2.45) is 0 Å². The van der Waals surface area contributed by atoms with E-state index in [1.54, 1.807) is 6.07 Å². The molecule has 1 atom stereocenters. The summed E-state index contributed by atoms with van der Waals surface area (Å²) in [6.07, 6.45) is 0.130. The van der Waals surface area contributed by atoms with Gasteiger partial charge < -0.3 is 19.1 Å². The summed E-state index contributed by atoms with van der Waals surface area (Å²) in [4.78, 5) is 38.3. The van der Waals surface area contributed by atoms with Gasteiger partial charge in [0.2, 0.25) is 0 Å². The van der Waals surface area contributed by atoms with Gasteiger partial charge in [-0.1, -0.05) is 30.3 Å². The monoisotopic (exact) mass is 415 g/mol. The molecule has 2 aromatic rings. The summed E-state index contributed by atoms with van der Waals surface area (Å²) >= 11 is 0. The maximum Gasteiger partial charge on any atom is 0.328 e. The summed E-state index contributed by atoms with van der Waals surface area (Å²) in [5.41, 5.74) is 2.28. The molecule has 1 amide bonds. The van der Waals surface area contributed by atoms with E-state index in [0.29, 0.717) is 12.0 Å². The first kappa shape index (κ1) is 21.3. The summed E-state index contributed by atoms with van der Waals surface area (Å²) in [6, 6.07) is 10.9. The Kier molecular flexibility index (Phi) is 6.66. The Morgan fingerprint density at radius 3 is 2.50 bits per heavy atom. The molecule has 0 spiro atoms. The molecule has 1 aliphatic rings. The molecule has 2 aromatic carbocycles. The summed E-state index contributed by atoms with van der Waals surface area (Å²) < 4.78 is 28.5. The standard InChI is InChI=1S/C22H22FNO6/c1-28-19-8-7-14(9-17(19)23)10-21(26)30-13-20(25)24-12-16-6-4-3-5-15(16)11-18(24)22(27)29-2/h3-9,18H,10-13H2,1-2H3/t18-/m1/s1. The van der Waals surface area contributed by atoms with Gasteiger partial charge in [-0.2, -0.15) is 0 Å². The molecule has 30 heavy (non-hydrogen) atoms. The average molecular weight is 415 g/mol. The predicted octanol–water partition coefficient (Wildman–Crippen LogP) is 2.05. The second-order valence-corrected chi connectivity index (χ2v) is 6.84. The molecule has 0 bridgehead atoms. The quantitative estimate of drug-likeness (QED) is 0.672. The van der Waals surface area contributed by atoms with Crippen molar-refractivity contribution in [2.75, 3.05) is 20.8 Å². The molecule has 0 unspecified atom stereocenters. The SMILES string of the molecule is COC(=O)[C@H]1Cc2ccccc2CN1C(=O)COC(=O)Cc1ccc(OC)c(F)c1. The number of fused-ring (bicyclic) bond motifs is 1. The Labute approximate surface area is 173 Å². The second kappa shape index (κ2) is 9.39. The highest BCUT2D eigenvalue weighted by atomic mass is 19.1. The van der Waals surface area contributed by atoms with Crippen molar-refractivity contribution in [2.45, 2.75) is 25.4 Å². The van der Waals surface area contributed by atoms with E-state index in [0.717, 1.165) is 11.1 Å². The first-order valence-electron chi connectivity index (χ1n) is 9.35. The molecule has 0 aromatic heterocycles. The maximum atomic E-state index is 13.7. The van der Waals surface area contributed by atoms with Gasteiger partial charge in [0.05, 0.1) is 20.6 Å². The van der Waals surface area contributed by atoms with Crippen LogP contribution in [0.15, 0.2) is 42.5 Å². The van der Waals surface area contributed by atoms with Crippen LogP contribution >= 0.6 is 0 Å². The van der Waals surface area contributed by atoms with Crippen molar-refractivity contribution in [3.63, 3.8) is 0 Å². The smallest absolute Gasteiger partial charge is 0.328 e. The van der Waals surface area contributed by atoms with Gasteiger partial charge in [-0.3, -0.25) is 9.59 Å². The van der Waals surface area contributed by atoms with Crippen molar-refractivity contribution in [1.82, 2.24) is 4.90 Å². The zero-order valence-electron chi connectivity index (χ0n) is 16.7. The summed E-state index contributed by atoms with van der Waals surface area (Å²) in [6.45, 7) is -0.302. The van der Waals surface area contributed by atoms with Crippen molar-refractivity contribution in [3.05, 3.63) is 65.0 Å². The van der Waals surface area contributed by atoms with Crippen molar-refractivity contribution in [3.8, 4) is 5.75 Å². The molecule has 8 heteroatoms. The molecule has 0 fully saturated rings. The molecule has 3 rings (SSSR count). The third-order valence-corrected chi connectivity index (χ3v) is 4.96. The third kappa shape index (κ3) is 4.76. The summed E-state index contributed by atoms with van der Waals surface area (Å²) in [7, 11) is 2.61. The van der Waals surface area contributed by atoms with E-state index >= 15 is 0 Å². The molecule has 158 valence electrons. The normalized spacial score (nSPS) is 15.2. The highest BCUT2D eigenvalue weighted by molar-refractivity contribution is 5.87. The van der Waals surface area contributed by atoms with Crippen LogP contribution in [-0.4, -0.2) is 49.6 Å². The van der Waals surface area contributed by atoms with Crippen LogP contribution in [0.3, 0.4) is 0 Å². The van der Waals surface area contributed by atoms with Crippen LogP contribution in [0.4, 0.5) is 4.39 Å². The lowest BCUT2D eigenvalue weighted by atomic mass is 9.94. The number of carbonyl (C=O) groups excluding carboxylic acids is 3. The molecule has 0 radical (unpaired) electrons. The molecule has 7 nitrogen and oxygen atoms in total. The fraction of sp³-hybridized carbons (Fsp3) is 0.318. The Balaban J connectivity index is 1.63. The van der Waals surface area contributed by atoms with Crippen LogP contribution in [0, 0.1) is 5.82 Å². The minimum absolute atomic E-state index is 0.0709. The Morgan fingerprint density at radius 2 is 1.83 bits per heavy atom. The van der Waals surface area contributed by atoms with Gasteiger partial charge in [-0.05, 0) is 28.8 Å². The van der Waals surface area contributed by atoms with Crippen LogP contribution < -0.4 is 4.74 Å². The maximum absolute atomic E-state index is 13.7. The predicted molar refractivity (Wildman–Crippen MR) is 104 cm³/mol. The van der Waals surface area contributed by atoms with E-state index in [1.165, 1.54) is 31.3 Å². The summed E-state index contributed by atoms with van der Waals surface area (Å²) in [5, 5.41) is 0. The zero-order chi connectivity index (χ0) is 21.7. The lowest BCUT2D eigenvalue weighted by Gasteiger charge is -2.35. The van der Waals surface area contributed by atoms with Crippen LogP contribution in [0.2, 0.25) is 0 Å². The topological polar surface area (TPSA) is 82.1 Å². The van der Waals surface area contributed by atoms with Gasteiger partial charge in [0.1, 0.15) is 6.04 Å². The molecule has 0 saturated carbocycles. The fourth-order valence-electron chi connectivity index (χ4n) is 3.39. The van der Waals surface area contributed by atoms with E-state index in [-0.39, 0.29) is 18.7 Å². The number of halogens is 1. The number of esters is 2. The van der Waals surface area contributed by atoms with Gasteiger partial charge >= 0.3 is 11.9 Å². The number of amides is 1. The van der Waals surface area contributed by atoms with Gasteiger partial charge in [0, 0.05) is 13.0 Å². The number of methoxy groups -OCH3 is 2. The fourth-order valence-corrected chi connectivity index (χ4v) is 3.39. The molecular weight excluding hydrogens is 393 g/mol. The first-order chi connectivity index (χ1) is 14.4. The minimum atomic E-state index is -0.785. The molecule has 1 heterocycles. The van der Waals surface area contributed by atoms with Crippen LogP contribution in [0.25, 0.3) is 0 Å². The largest absolute Gasteiger partial charge is 0.494 e. The lowest BCUT2D eigenvalue weighted by molar-refractivity contribution is -0.159. The lowest BCUT2D eigenvalue weighted by Crippen LogP contribution is -2.50. The Bertz CT molecular complexity index is 960. The number of benzene rings is 2. The van der Waals surface area contributed by atoms with E-state index in [9.17, 15) is 18.8 Å². The van der Waals surface area contributed by atoms with Gasteiger partial charge in [-0.15, -0.1) is 0 Å². The zero-order valence-corrected chi connectivity index (χ0v) is 16.7. The van der Waals surface area contributed by atoms with Gasteiger partial charge in [0.15, 0.2) is 18.2 Å². The van der Waals surface area contributed by atoms with E-state index in [4.69, 9.17) is 14.2 Å². The number of hydrogen-bond donors (Lipinski definition) is 0.